The predicted octanol–water partition coefficient (Wildman–Crippen LogP) is 4.43. The number of hydrogen-bond acceptors (Lipinski definition) is 6. The van der Waals surface area contributed by atoms with E-state index in [4.69, 9.17) is 0 Å². The van der Waals surface area contributed by atoms with Crippen LogP contribution in [0.1, 0.15) is 18.9 Å². The zero-order valence-corrected chi connectivity index (χ0v) is 16.8. The second-order valence-corrected chi connectivity index (χ2v) is 7.37. The summed E-state index contributed by atoms with van der Waals surface area (Å²) >= 11 is 0. The molecule has 0 radical (unpaired) electrons. The summed E-state index contributed by atoms with van der Waals surface area (Å²) in [7, 11) is 0. The molecule has 31 heavy (non-hydrogen) atoms. The first-order valence-electron chi connectivity index (χ1n) is 10.0. The Kier molecular flexibility index (Phi) is 4.68. The fourth-order valence-corrected chi connectivity index (χ4v) is 3.93. The minimum absolute atomic E-state index is 0.0771. The number of H-pyrrole nitrogens is 1. The van der Waals surface area contributed by atoms with E-state index >= 15 is 0 Å². The second kappa shape index (κ2) is 7.53. The third kappa shape index (κ3) is 3.24. The van der Waals surface area contributed by atoms with Crippen molar-refractivity contribution in [1.29, 1.82) is 0 Å². The number of halogens is 1. The first kappa shape index (κ1) is 19.3. The van der Waals surface area contributed by atoms with Crippen molar-refractivity contribution in [2.45, 2.75) is 25.9 Å². The molecule has 156 valence electrons. The number of hydrogen-bond donors (Lipinski definition) is 2. The van der Waals surface area contributed by atoms with Crippen LogP contribution in [0.4, 0.5) is 21.6 Å². The van der Waals surface area contributed by atoms with Gasteiger partial charge in [0.15, 0.2) is 11.5 Å². The van der Waals surface area contributed by atoms with Gasteiger partial charge in [0.2, 0.25) is 5.84 Å². The third-order valence-corrected chi connectivity index (χ3v) is 5.51. The standard InChI is InChI=1S/C22H20FN7O/c1-2-17(28-21-19-20(25-12-24-19)26-13-27-21)22-29-18-10-6-9-16(23)15(18)11-30(22,31)14-7-4-3-5-8-14/h3-10,12-13,17H,2,11H2,1H3,(H2,24,25,26,27,28)/t17-,30?/m0/s1. The molecule has 0 spiro atoms. The van der Waals surface area contributed by atoms with Crippen LogP contribution in [0.15, 0.2) is 66.2 Å². The highest BCUT2D eigenvalue weighted by atomic mass is 19.1. The number of quaternary nitrogens is 1. The van der Waals surface area contributed by atoms with E-state index in [1.165, 1.54) is 12.4 Å². The van der Waals surface area contributed by atoms with Crippen LogP contribution in [-0.2, 0) is 6.54 Å². The van der Waals surface area contributed by atoms with Crippen molar-refractivity contribution < 1.29 is 4.39 Å². The fraction of sp³-hybridized carbons (Fsp3) is 0.182. The molecule has 0 saturated carbocycles. The Morgan fingerprint density at radius 2 is 1.97 bits per heavy atom. The number of nitrogens with zero attached hydrogens (tertiary/aromatic N) is 5. The number of anilines is 1. The summed E-state index contributed by atoms with van der Waals surface area (Å²) in [4.78, 5) is 20.3. The molecular formula is C22H20FN7O. The largest absolute Gasteiger partial charge is 0.621 e. The van der Waals surface area contributed by atoms with Gasteiger partial charge in [-0.1, -0.05) is 31.2 Å². The predicted molar refractivity (Wildman–Crippen MR) is 118 cm³/mol. The number of aromatic amines is 1. The van der Waals surface area contributed by atoms with Crippen molar-refractivity contribution in [2.75, 3.05) is 5.32 Å². The lowest BCUT2D eigenvalue weighted by Crippen LogP contribution is -2.56. The molecule has 3 heterocycles. The van der Waals surface area contributed by atoms with Gasteiger partial charge < -0.3 is 15.5 Å². The molecule has 0 aliphatic carbocycles. The molecule has 9 heteroatoms. The lowest BCUT2D eigenvalue weighted by atomic mass is 10.0. The topological polar surface area (TPSA) is 102 Å². The van der Waals surface area contributed by atoms with Gasteiger partial charge in [0, 0.05) is 0 Å². The molecule has 8 nitrogen and oxygen atoms in total. The van der Waals surface area contributed by atoms with Gasteiger partial charge in [-0.3, -0.25) is 4.65 Å². The average Bonchev–Trinajstić information content (AvgIpc) is 3.28. The molecule has 2 atom stereocenters. The van der Waals surface area contributed by atoms with Crippen molar-refractivity contribution in [3.63, 3.8) is 0 Å². The lowest BCUT2D eigenvalue weighted by molar-refractivity contribution is 0.483. The number of benzene rings is 2. The molecule has 0 bridgehead atoms. The first-order valence-corrected chi connectivity index (χ1v) is 10.0. The number of aromatic nitrogens is 4. The molecule has 4 aromatic rings. The summed E-state index contributed by atoms with van der Waals surface area (Å²) in [6.07, 6.45) is 3.53. The smallest absolute Gasteiger partial charge is 0.231 e. The molecule has 5 rings (SSSR count). The second-order valence-electron chi connectivity index (χ2n) is 7.37. The molecule has 1 unspecified atom stereocenters. The summed E-state index contributed by atoms with van der Waals surface area (Å²) < 4.78 is 13.7. The molecular weight excluding hydrogens is 397 g/mol. The van der Waals surface area contributed by atoms with E-state index in [2.05, 4.69) is 30.2 Å². The van der Waals surface area contributed by atoms with Gasteiger partial charge in [0.1, 0.15) is 35.9 Å². The van der Waals surface area contributed by atoms with Crippen LogP contribution in [0.25, 0.3) is 11.2 Å². The minimum Gasteiger partial charge on any atom is -0.621 e. The molecule has 0 fully saturated rings. The van der Waals surface area contributed by atoms with Crippen LogP contribution in [0.2, 0.25) is 0 Å². The number of nitrogens with one attached hydrogen (secondary N) is 2. The van der Waals surface area contributed by atoms with Gasteiger partial charge in [0.05, 0.1) is 17.6 Å². The van der Waals surface area contributed by atoms with E-state index in [-0.39, 0.29) is 6.54 Å². The number of imidazole rings is 1. The van der Waals surface area contributed by atoms with Crippen LogP contribution in [0.3, 0.4) is 0 Å². The van der Waals surface area contributed by atoms with Gasteiger partial charge >= 0.3 is 0 Å². The molecule has 1 aliphatic heterocycles. The van der Waals surface area contributed by atoms with Gasteiger partial charge in [-0.05, 0) is 30.7 Å². The van der Waals surface area contributed by atoms with E-state index in [9.17, 15) is 9.60 Å². The first-order chi connectivity index (χ1) is 15.1. The summed E-state index contributed by atoms with van der Waals surface area (Å²) in [5.41, 5.74) is 2.46. The quantitative estimate of drug-likeness (QED) is 0.369. The number of fused-ring (bicyclic) bond motifs is 2. The maximum absolute atomic E-state index is 14.6. The monoisotopic (exact) mass is 417 g/mol. The van der Waals surface area contributed by atoms with Gasteiger partial charge in [-0.25, -0.2) is 19.3 Å². The van der Waals surface area contributed by atoms with Gasteiger partial charge in [-0.15, -0.1) is 0 Å². The van der Waals surface area contributed by atoms with Crippen LogP contribution in [0.5, 0.6) is 0 Å². The summed E-state index contributed by atoms with van der Waals surface area (Å²) in [5.74, 6) is 0.449. The van der Waals surface area contributed by atoms with Crippen molar-refractivity contribution in [3.8, 4) is 0 Å². The highest BCUT2D eigenvalue weighted by molar-refractivity contribution is 6.02. The van der Waals surface area contributed by atoms with Crippen LogP contribution in [-0.4, -0.2) is 31.8 Å². The molecule has 0 saturated heterocycles. The Morgan fingerprint density at radius 1 is 1.13 bits per heavy atom. The normalized spacial score (nSPS) is 19.0. The maximum Gasteiger partial charge on any atom is 0.231 e. The van der Waals surface area contributed by atoms with Crippen molar-refractivity contribution >= 4 is 34.2 Å². The number of hydroxylamine groups is 2. The lowest BCUT2D eigenvalue weighted by Gasteiger charge is -2.46. The Bertz CT molecular complexity index is 1270. The van der Waals surface area contributed by atoms with Gasteiger partial charge in [-0.2, -0.15) is 4.99 Å². The summed E-state index contributed by atoms with van der Waals surface area (Å²) in [5, 5.41) is 17.7. The number of aliphatic imine (C=N–C) groups is 1. The van der Waals surface area contributed by atoms with Crippen LogP contribution in [0, 0.1) is 11.0 Å². The number of rotatable bonds is 5. The van der Waals surface area contributed by atoms with E-state index in [1.807, 2.05) is 13.0 Å². The van der Waals surface area contributed by atoms with Crippen molar-refractivity contribution in [3.05, 3.63) is 77.8 Å². The van der Waals surface area contributed by atoms with E-state index in [0.717, 1.165) is 0 Å². The Labute approximate surface area is 177 Å². The minimum atomic E-state index is -0.877. The maximum atomic E-state index is 14.6. The van der Waals surface area contributed by atoms with E-state index < -0.39 is 16.5 Å². The number of para-hydroxylation sites is 1. The van der Waals surface area contributed by atoms with Crippen molar-refractivity contribution in [1.82, 2.24) is 24.6 Å². The average molecular weight is 417 g/mol. The molecule has 2 aromatic carbocycles. The highest BCUT2D eigenvalue weighted by Gasteiger charge is 2.39. The van der Waals surface area contributed by atoms with Gasteiger partial charge in [0.25, 0.3) is 0 Å². The zero-order valence-electron chi connectivity index (χ0n) is 16.8. The zero-order chi connectivity index (χ0) is 21.4. The van der Waals surface area contributed by atoms with E-state index in [1.54, 1.807) is 42.7 Å². The Balaban J connectivity index is 1.64. The van der Waals surface area contributed by atoms with E-state index in [0.29, 0.717) is 46.2 Å². The molecule has 0 amide bonds. The SMILES string of the molecule is CC[C@H](Nc1ncnc2nc[nH]c12)C1=Nc2cccc(F)c2C[N+]1([O-])c1ccccc1. The Hall–Kier alpha value is -3.69. The summed E-state index contributed by atoms with van der Waals surface area (Å²) in [6, 6.07) is 13.2. The molecule has 2 N–H and O–H groups in total. The molecule has 1 aliphatic rings. The Morgan fingerprint density at radius 3 is 2.77 bits per heavy atom. The number of amidine groups is 1. The third-order valence-electron chi connectivity index (χ3n) is 5.51. The van der Waals surface area contributed by atoms with Crippen LogP contribution < -0.4 is 9.96 Å². The van der Waals surface area contributed by atoms with Crippen LogP contribution >= 0.6 is 0 Å². The summed E-state index contributed by atoms with van der Waals surface area (Å²) in [6.45, 7) is 1.88. The fourth-order valence-electron chi connectivity index (χ4n) is 3.93. The van der Waals surface area contributed by atoms with Crippen molar-refractivity contribution in [2.24, 2.45) is 4.99 Å². The molecule has 2 aromatic heterocycles. The highest BCUT2D eigenvalue weighted by Crippen LogP contribution is 2.37.